The van der Waals surface area contributed by atoms with Gasteiger partial charge in [-0.2, -0.15) is 0 Å². The van der Waals surface area contributed by atoms with Crippen molar-refractivity contribution in [3.8, 4) is 72.4 Å². The predicted octanol–water partition coefficient (Wildman–Crippen LogP) is 24.6. The monoisotopic (exact) mass is 1310 g/mol. The van der Waals surface area contributed by atoms with E-state index in [0.29, 0.717) is 28.1 Å². The van der Waals surface area contributed by atoms with E-state index in [2.05, 4.69) is 215 Å². The zero-order valence-corrected chi connectivity index (χ0v) is 57.0. The molecule has 484 valence electrons. The minimum Gasteiger partial charge on any atom is -0.456 e. The Labute approximate surface area is 609 Å². The number of rotatable bonds is 10. The van der Waals surface area contributed by atoms with E-state index in [1.165, 1.54) is 0 Å². The molecule has 0 spiro atoms. The molecule has 3 aliphatic rings. The molecule has 5 heteroatoms. The van der Waals surface area contributed by atoms with Crippen LogP contribution in [-0.2, 0) is 10.8 Å². The van der Waals surface area contributed by atoms with Gasteiger partial charge in [0.25, 0.3) is 6.71 Å². The molecule has 0 bridgehead atoms. The number of para-hydroxylation sites is 3. The molecule has 19 rings (SSSR count). The molecule has 0 atom stereocenters. The van der Waals surface area contributed by atoms with Crippen molar-refractivity contribution in [2.45, 2.75) is 77.6 Å². The number of aromatic nitrogens is 1. The first-order valence-electron chi connectivity index (χ1n) is 41.0. The van der Waals surface area contributed by atoms with Crippen LogP contribution in [0.1, 0.15) is 99.9 Å². The molecule has 2 aromatic heterocycles. The molecule has 1 fully saturated rings. The molecule has 0 saturated heterocycles. The highest BCUT2D eigenvalue weighted by Gasteiger charge is 2.46. The van der Waals surface area contributed by atoms with Crippen molar-refractivity contribution in [2.24, 2.45) is 0 Å². The molecule has 0 radical (unpaired) electrons. The Kier molecular flexibility index (Phi) is 11.4. The fraction of sp³-hybridized carbons (Fsp3) is 0.125. The highest BCUT2D eigenvalue weighted by atomic mass is 16.3. The number of benzene rings is 14. The molecule has 101 heavy (non-hydrogen) atoms. The van der Waals surface area contributed by atoms with Gasteiger partial charge in [-0.25, -0.2) is 0 Å². The van der Waals surface area contributed by atoms with Crippen LogP contribution in [-0.4, -0.2) is 11.3 Å². The van der Waals surface area contributed by atoms with E-state index in [0.717, 1.165) is 147 Å². The number of furan rings is 1. The standard InChI is InChI=1S/C96H76BN3O/c1-95(2,3)70-56-77(64-27-11-7-12-28-64)93(78(57-70)65-29-13-8-14-30-65)99-85-52-49-68(63-47-45-62(46-48-63)61-35-25-36-61)53-82(85)97-81-51-50-72(98-83-41-22-19-37-74(83)75-38-20-23-42-84(75)98)60-86(81)100(88-55-69(54-87(99)92(88)97)73-40-26-44-90-91(73)76-39-21-24-43-89(76)101-90)94-79(66-31-15-9-16-32-66)58-71(96(4,5)6)59-80(94)67-33-17-10-18-34-67/h7-24,26-34,37-61H,25,35-36H2,1-6H3/i19D,20D,22D,23D,37D,38D,41D,42D,45D,46D,47D,48D. The van der Waals surface area contributed by atoms with Gasteiger partial charge in [-0.05, 0) is 186 Å². The van der Waals surface area contributed by atoms with Crippen molar-refractivity contribution >= 4 is 101 Å². The average molecular weight is 1310 g/mol. The molecular weight excluding hydrogens is 1220 g/mol. The topological polar surface area (TPSA) is 24.6 Å². The smallest absolute Gasteiger partial charge is 0.252 e. The lowest BCUT2D eigenvalue weighted by Crippen LogP contribution is -2.61. The Bertz CT molecular complexity index is 6500. The van der Waals surface area contributed by atoms with Crippen molar-refractivity contribution in [1.29, 1.82) is 0 Å². The van der Waals surface area contributed by atoms with E-state index in [-0.39, 0.29) is 62.9 Å². The summed E-state index contributed by atoms with van der Waals surface area (Å²) in [6.45, 7) is 12.6. The molecule has 4 nitrogen and oxygen atoms in total. The van der Waals surface area contributed by atoms with Crippen LogP contribution in [0, 0.1) is 0 Å². The van der Waals surface area contributed by atoms with Gasteiger partial charge in [0.1, 0.15) is 11.2 Å². The fourth-order valence-corrected chi connectivity index (χ4v) is 15.9. The first-order valence-corrected chi connectivity index (χ1v) is 35.0. The summed E-state index contributed by atoms with van der Waals surface area (Å²) in [6.07, 6.45) is 2.51. The van der Waals surface area contributed by atoms with Crippen LogP contribution in [0.2, 0.25) is 0 Å². The highest BCUT2D eigenvalue weighted by molar-refractivity contribution is 7.00. The van der Waals surface area contributed by atoms with E-state index in [9.17, 15) is 13.7 Å². The summed E-state index contributed by atoms with van der Waals surface area (Å²) in [7, 11) is 0. The van der Waals surface area contributed by atoms with Gasteiger partial charge in [0.15, 0.2) is 0 Å². The Morgan fingerprint density at radius 1 is 0.376 bits per heavy atom. The van der Waals surface area contributed by atoms with Gasteiger partial charge in [0.05, 0.1) is 38.9 Å². The van der Waals surface area contributed by atoms with E-state index in [1.807, 2.05) is 72.8 Å². The van der Waals surface area contributed by atoms with Crippen LogP contribution >= 0.6 is 0 Å². The molecule has 16 aromatic rings. The number of fused-ring (bicyclic) bond motifs is 10. The highest BCUT2D eigenvalue weighted by Crippen LogP contribution is 2.56. The summed E-state index contributed by atoms with van der Waals surface area (Å²) in [5.74, 6) is -0.0870. The molecule has 0 amide bonds. The number of hydrogen-bond donors (Lipinski definition) is 0. The van der Waals surface area contributed by atoms with E-state index >= 15 is 0 Å². The minimum absolute atomic E-state index is 0.0253. The van der Waals surface area contributed by atoms with Gasteiger partial charge in [-0.15, -0.1) is 0 Å². The maximum atomic E-state index is 10.1. The Morgan fingerprint density at radius 3 is 1.39 bits per heavy atom. The molecule has 14 aromatic carbocycles. The van der Waals surface area contributed by atoms with E-state index < -0.39 is 60.5 Å². The maximum Gasteiger partial charge on any atom is 0.252 e. The number of anilines is 6. The lowest BCUT2D eigenvalue weighted by atomic mass is 9.33. The van der Waals surface area contributed by atoms with Crippen molar-refractivity contribution in [2.75, 3.05) is 9.80 Å². The van der Waals surface area contributed by atoms with Gasteiger partial charge in [0, 0.05) is 72.2 Å². The summed E-state index contributed by atoms with van der Waals surface area (Å²) >= 11 is 0. The predicted molar refractivity (Wildman–Crippen MR) is 429 cm³/mol. The minimum atomic E-state index is -0.759. The normalized spacial score (nSPS) is 15.3. The number of hydrogen-bond acceptors (Lipinski definition) is 3. The number of nitrogens with zero attached hydrogens (tertiary/aromatic N) is 3. The van der Waals surface area contributed by atoms with Crippen LogP contribution in [0.5, 0.6) is 0 Å². The molecule has 2 aliphatic heterocycles. The third-order valence-electron chi connectivity index (χ3n) is 21.2. The van der Waals surface area contributed by atoms with Gasteiger partial charge in [0.2, 0.25) is 0 Å². The Balaban J connectivity index is 1.05. The van der Waals surface area contributed by atoms with Crippen LogP contribution < -0.4 is 26.2 Å². The van der Waals surface area contributed by atoms with Crippen molar-refractivity contribution in [3.05, 3.63) is 326 Å². The zero-order chi connectivity index (χ0) is 78.3. The summed E-state index contributed by atoms with van der Waals surface area (Å²) in [6, 6.07) is 78.0. The van der Waals surface area contributed by atoms with Gasteiger partial charge in [-0.3, -0.25) is 0 Å². The summed E-state index contributed by atoms with van der Waals surface area (Å²) in [4.78, 5) is 4.81. The van der Waals surface area contributed by atoms with E-state index in [1.54, 1.807) is 4.57 Å². The van der Waals surface area contributed by atoms with Gasteiger partial charge in [-0.1, -0.05) is 278 Å². The Hall–Kier alpha value is -11.7. The lowest BCUT2D eigenvalue weighted by Gasteiger charge is -2.46. The second kappa shape index (κ2) is 23.5. The van der Waals surface area contributed by atoms with E-state index in [4.69, 9.17) is 7.16 Å². The first kappa shape index (κ1) is 49.0. The quantitative estimate of drug-likeness (QED) is 0.128. The van der Waals surface area contributed by atoms with Crippen molar-refractivity contribution < 1.29 is 20.9 Å². The van der Waals surface area contributed by atoms with Crippen LogP contribution in [0.15, 0.2) is 314 Å². The molecule has 0 N–H and O–H groups in total. The van der Waals surface area contributed by atoms with Crippen LogP contribution in [0.25, 0.3) is 116 Å². The molecule has 1 aliphatic carbocycles. The molecular formula is C96H76BN3O. The summed E-state index contributed by atoms with van der Waals surface area (Å²) in [5, 5.41) is 1.73. The van der Waals surface area contributed by atoms with Gasteiger partial charge >= 0.3 is 0 Å². The second-order valence-corrected chi connectivity index (χ2v) is 29.3. The third-order valence-corrected chi connectivity index (χ3v) is 21.2. The summed E-state index contributed by atoms with van der Waals surface area (Å²) < 4.78 is 124. The third kappa shape index (κ3) is 9.95. The van der Waals surface area contributed by atoms with Crippen LogP contribution in [0.3, 0.4) is 0 Å². The summed E-state index contributed by atoms with van der Waals surface area (Å²) in [5.41, 5.74) is 20.4. The fourth-order valence-electron chi connectivity index (χ4n) is 15.9. The zero-order valence-electron chi connectivity index (χ0n) is 69.0. The molecule has 4 heterocycles. The average Bonchev–Trinajstić information content (AvgIpc) is 1.49. The maximum absolute atomic E-state index is 10.1. The van der Waals surface area contributed by atoms with Crippen LogP contribution in [0.4, 0.5) is 34.1 Å². The molecule has 1 saturated carbocycles. The van der Waals surface area contributed by atoms with Gasteiger partial charge < -0.3 is 18.8 Å². The van der Waals surface area contributed by atoms with Crippen molar-refractivity contribution in [3.63, 3.8) is 0 Å². The molecule has 0 unspecified atom stereocenters. The Morgan fingerprint density at radius 2 is 0.871 bits per heavy atom. The lowest BCUT2D eigenvalue weighted by molar-refractivity contribution is 0.420. The first-order chi connectivity index (χ1) is 54.4. The SMILES string of the molecule is [2H]c1c([2H])c(C2CCC2)c([2H])c([2H])c1-c1ccc2c(c1)B1c3ccc(-n4c5c([2H])c([2H])c([2H])c([2H])c5c5c([2H])c([2H])c([2H])c([2H])c54)cc3N(c3c(-c4ccccc4)cc(C(C)(C)C)cc3-c3ccccc3)c3cc(-c4cccc5oc6ccccc6c45)cc(c31)N2c1c(-c2ccccc2)cc(C(C)(C)C)cc1-c1ccccc1. The van der Waals surface area contributed by atoms with Crippen molar-refractivity contribution in [1.82, 2.24) is 4.57 Å². The largest absolute Gasteiger partial charge is 0.456 e. The second-order valence-electron chi connectivity index (χ2n) is 29.3.